The van der Waals surface area contributed by atoms with Gasteiger partial charge in [0, 0.05) is 0 Å². The summed E-state index contributed by atoms with van der Waals surface area (Å²) in [4.78, 5) is 28.6. The lowest BCUT2D eigenvalue weighted by atomic mass is 9.74. The lowest BCUT2D eigenvalue weighted by molar-refractivity contribution is -0.132. The highest BCUT2D eigenvalue weighted by Gasteiger charge is 2.53. The molecule has 31 heavy (non-hydrogen) atoms. The Morgan fingerprint density at radius 3 is 2.74 bits per heavy atom. The summed E-state index contributed by atoms with van der Waals surface area (Å²) in [6.45, 7) is 4.87. The Morgan fingerprint density at radius 2 is 2.03 bits per heavy atom. The summed E-state index contributed by atoms with van der Waals surface area (Å²) in [6.07, 6.45) is 3.31. The molecule has 2 aliphatic heterocycles. The zero-order chi connectivity index (χ0) is 21.5. The third-order valence-electron chi connectivity index (χ3n) is 6.33. The average Bonchev–Trinajstić information content (AvgIpc) is 3.40. The van der Waals surface area contributed by atoms with E-state index in [9.17, 15) is 9.59 Å². The first-order valence-corrected chi connectivity index (χ1v) is 11.7. The van der Waals surface area contributed by atoms with Crippen molar-refractivity contribution >= 4 is 28.2 Å². The molecule has 162 valence electrons. The summed E-state index contributed by atoms with van der Waals surface area (Å²) in [5, 5.41) is 8.49. The van der Waals surface area contributed by atoms with Crippen LogP contribution in [-0.2, 0) is 14.3 Å². The maximum absolute atomic E-state index is 13.7. The van der Waals surface area contributed by atoms with Gasteiger partial charge in [-0.2, -0.15) is 0 Å². The standard InChI is InChI=1S/C23H25N3O4S/c1-3-10-29-15-7-5-14(6-8-15)19-18-20(27)16-11-13(2)4-9-17(16)30-21(18)22(28)26(19)23-25-24-12-31-23/h5-8,12-13,16-17,19H,3-4,9-11H2,1-2H3. The highest BCUT2D eigenvalue weighted by molar-refractivity contribution is 7.13. The zero-order valence-corrected chi connectivity index (χ0v) is 18.4. The summed E-state index contributed by atoms with van der Waals surface area (Å²) in [6, 6.07) is 7.02. The second-order valence-corrected chi connectivity index (χ2v) is 9.32. The van der Waals surface area contributed by atoms with Gasteiger partial charge in [-0.3, -0.25) is 14.5 Å². The van der Waals surface area contributed by atoms with E-state index in [1.807, 2.05) is 24.3 Å². The van der Waals surface area contributed by atoms with Crippen LogP contribution in [0.15, 0.2) is 41.1 Å². The Kier molecular flexibility index (Phi) is 5.25. The molecule has 1 saturated carbocycles. The Bertz CT molecular complexity index is 1020. The Balaban J connectivity index is 1.56. The van der Waals surface area contributed by atoms with Crippen molar-refractivity contribution in [2.24, 2.45) is 11.8 Å². The van der Waals surface area contributed by atoms with E-state index in [4.69, 9.17) is 9.47 Å². The average molecular weight is 440 g/mol. The fourth-order valence-corrected chi connectivity index (χ4v) is 5.41. The summed E-state index contributed by atoms with van der Waals surface area (Å²) in [5.74, 6) is 0.953. The van der Waals surface area contributed by atoms with Gasteiger partial charge in [0.2, 0.25) is 5.13 Å². The maximum atomic E-state index is 13.7. The minimum Gasteiger partial charge on any atom is -0.494 e. The highest BCUT2D eigenvalue weighted by Crippen LogP contribution is 2.49. The number of hydrogen-bond donors (Lipinski definition) is 0. The van der Waals surface area contributed by atoms with E-state index in [0.29, 0.717) is 23.2 Å². The molecule has 0 radical (unpaired) electrons. The van der Waals surface area contributed by atoms with Crippen molar-refractivity contribution in [2.75, 3.05) is 11.5 Å². The molecule has 4 atom stereocenters. The molecule has 3 aliphatic rings. The van der Waals surface area contributed by atoms with Crippen LogP contribution in [-0.4, -0.2) is 34.6 Å². The predicted octanol–water partition coefficient (Wildman–Crippen LogP) is 4.07. The quantitative estimate of drug-likeness (QED) is 0.698. The lowest BCUT2D eigenvalue weighted by Crippen LogP contribution is -2.41. The van der Waals surface area contributed by atoms with E-state index in [-0.39, 0.29) is 29.5 Å². The molecule has 0 spiro atoms. The molecule has 1 aliphatic carbocycles. The number of anilines is 1. The number of Topliss-reactive ketones (excluding diaryl/α,β-unsaturated/α-hetero) is 1. The number of ketones is 1. The second-order valence-electron chi connectivity index (χ2n) is 8.50. The molecule has 8 heteroatoms. The number of benzene rings is 1. The van der Waals surface area contributed by atoms with Crippen molar-refractivity contribution in [1.29, 1.82) is 0 Å². The van der Waals surface area contributed by atoms with Gasteiger partial charge in [-0.25, -0.2) is 0 Å². The molecule has 3 heterocycles. The van der Waals surface area contributed by atoms with Crippen molar-refractivity contribution in [2.45, 2.75) is 51.7 Å². The normalized spacial score (nSPS) is 27.7. The van der Waals surface area contributed by atoms with Gasteiger partial charge < -0.3 is 9.47 Å². The van der Waals surface area contributed by atoms with E-state index >= 15 is 0 Å². The topological polar surface area (TPSA) is 81.6 Å². The first-order chi connectivity index (χ1) is 15.1. The molecule has 4 unspecified atom stereocenters. The van der Waals surface area contributed by atoms with Gasteiger partial charge in [-0.1, -0.05) is 37.3 Å². The Hall–Kier alpha value is -2.74. The van der Waals surface area contributed by atoms with Crippen LogP contribution < -0.4 is 9.64 Å². The molecule has 1 aromatic heterocycles. The fraction of sp³-hybridized carbons (Fsp3) is 0.478. The molecule has 2 aromatic rings. The number of nitrogens with zero attached hydrogens (tertiary/aromatic N) is 3. The van der Waals surface area contributed by atoms with Crippen LogP contribution in [0.5, 0.6) is 5.75 Å². The number of ether oxygens (including phenoxy) is 2. The number of amides is 1. The number of fused-ring (bicyclic) bond motifs is 1. The van der Waals surface area contributed by atoms with E-state index < -0.39 is 6.04 Å². The fourth-order valence-electron chi connectivity index (χ4n) is 4.83. The second kappa shape index (κ2) is 8.07. The molecule has 1 amide bonds. The third kappa shape index (κ3) is 3.43. The molecule has 7 nitrogen and oxygen atoms in total. The number of rotatable bonds is 5. The monoisotopic (exact) mass is 439 g/mol. The number of aromatic nitrogens is 2. The lowest BCUT2D eigenvalue weighted by Gasteiger charge is -2.37. The first kappa shape index (κ1) is 20.2. The van der Waals surface area contributed by atoms with Crippen LogP contribution in [0.25, 0.3) is 0 Å². The van der Waals surface area contributed by atoms with Crippen LogP contribution >= 0.6 is 11.3 Å². The summed E-state index contributed by atoms with van der Waals surface area (Å²) in [7, 11) is 0. The summed E-state index contributed by atoms with van der Waals surface area (Å²) < 4.78 is 11.9. The molecule has 1 aromatic carbocycles. The van der Waals surface area contributed by atoms with Crippen LogP contribution in [0, 0.1) is 11.8 Å². The summed E-state index contributed by atoms with van der Waals surface area (Å²) >= 11 is 1.27. The Morgan fingerprint density at radius 1 is 1.23 bits per heavy atom. The van der Waals surface area contributed by atoms with E-state index in [1.165, 1.54) is 11.3 Å². The molecule has 0 saturated heterocycles. The van der Waals surface area contributed by atoms with Crippen molar-refractivity contribution in [3.8, 4) is 5.75 Å². The number of carbonyl (C=O) groups is 2. The molecule has 5 rings (SSSR count). The third-order valence-corrected chi connectivity index (χ3v) is 7.02. The maximum Gasteiger partial charge on any atom is 0.296 e. The van der Waals surface area contributed by atoms with Crippen molar-refractivity contribution in [3.05, 3.63) is 46.7 Å². The van der Waals surface area contributed by atoms with Gasteiger partial charge in [0.25, 0.3) is 5.91 Å². The highest BCUT2D eigenvalue weighted by atomic mass is 32.1. The van der Waals surface area contributed by atoms with Gasteiger partial charge in [0.05, 0.1) is 24.1 Å². The van der Waals surface area contributed by atoms with Gasteiger partial charge in [0.1, 0.15) is 17.4 Å². The molecular weight excluding hydrogens is 414 g/mol. The molecule has 0 bridgehead atoms. The van der Waals surface area contributed by atoms with Gasteiger partial charge in [0.15, 0.2) is 11.5 Å². The van der Waals surface area contributed by atoms with E-state index in [0.717, 1.165) is 37.0 Å². The van der Waals surface area contributed by atoms with Crippen molar-refractivity contribution < 1.29 is 19.1 Å². The molecule has 0 N–H and O–H groups in total. The molecular formula is C23H25N3O4S. The molecule has 1 fully saturated rings. The largest absolute Gasteiger partial charge is 0.494 e. The first-order valence-electron chi connectivity index (χ1n) is 10.9. The SMILES string of the molecule is CCCOc1ccc(C2C3=C(OC4CCC(C)CC4C3=O)C(=O)N2c2nncs2)cc1. The summed E-state index contributed by atoms with van der Waals surface area (Å²) in [5.41, 5.74) is 2.87. The minimum absolute atomic E-state index is 0.0366. The Labute approximate surface area is 185 Å². The predicted molar refractivity (Wildman–Crippen MR) is 116 cm³/mol. The number of hydrogen-bond acceptors (Lipinski definition) is 7. The van der Waals surface area contributed by atoms with Crippen LogP contribution in [0.2, 0.25) is 0 Å². The zero-order valence-electron chi connectivity index (χ0n) is 17.6. The minimum atomic E-state index is -0.568. The smallest absolute Gasteiger partial charge is 0.296 e. The van der Waals surface area contributed by atoms with Gasteiger partial charge in [-0.05, 0) is 49.3 Å². The van der Waals surface area contributed by atoms with Crippen LogP contribution in [0.4, 0.5) is 5.13 Å². The van der Waals surface area contributed by atoms with Crippen molar-refractivity contribution in [3.63, 3.8) is 0 Å². The van der Waals surface area contributed by atoms with Crippen molar-refractivity contribution in [1.82, 2.24) is 10.2 Å². The number of carbonyl (C=O) groups excluding carboxylic acids is 2. The van der Waals surface area contributed by atoms with Crippen LogP contribution in [0.3, 0.4) is 0 Å². The van der Waals surface area contributed by atoms with E-state index in [1.54, 1.807) is 10.4 Å². The van der Waals surface area contributed by atoms with Gasteiger partial charge >= 0.3 is 0 Å². The van der Waals surface area contributed by atoms with Gasteiger partial charge in [-0.15, -0.1) is 10.2 Å². The van der Waals surface area contributed by atoms with E-state index in [2.05, 4.69) is 24.0 Å². The van der Waals surface area contributed by atoms with Crippen LogP contribution in [0.1, 0.15) is 51.1 Å².